The van der Waals surface area contributed by atoms with Gasteiger partial charge in [-0.15, -0.1) is 0 Å². The van der Waals surface area contributed by atoms with E-state index in [0.717, 1.165) is 14.9 Å². The topological polar surface area (TPSA) is 58.6 Å². The number of carbonyl (C=O) groups excluding carboxylic acids is 2. The molecule has 3 aromatic rings. The second-order valence-corrected chi connectivity index (χ2v) is 8.99. The number of nitrogens with zero attached hydrogens (tertiary/aromatic N) is 1. The van der Waals surface area contributed by atoms with Gasteiger partial charge in [-0.1, -0.05) is 62.9 Å². The number of hydrogen-bond donors (Lipinski definition) is 1. The summed E-state index contributed by atoms with van der Waals surface area (Å²) >= 11 is 21.5. The van der Waals surface area contributed by atoms with Gasteiger partial charge in [-0.05, 0) is 60.2 Å². The Morgan fingerprint density at radius 2 is 1.78 bits per heavy atom. The van der Waals surface area contributed by atoms with E-state index < -0.39 is 11.9 Å². The fourth-order valence-electron chi connectivity index (χ4n) is 3.09. The molecule has 1 N–H and O–H groups in total. The maximum Gasteiger partial charge on any atom is 0.333 e. The molecule has 3 amide bonds. The van der Waals surface area contributed by atoms with Crippen molar-refractivity contribution in [2.45, 2.75) is 6.61 Å². The van der Waals surface area contributed by atoms with Gasteiger partial charge in [0.05, 0.1) is 15.7 Å². The van der Waals surface area contributed by atoms with Crippen LogP contribution in [0.3, 0.4) is 0 Å². The van der Waals surface area contributed by atoms with Crippen molar-refractivity contribution in [3.63, 3.8) is 0 Å². The lowest BCUT2D eigenvalue weighted by atomic mass is 10.1. The van der Waals surface area contributed by atoms with E-state index in [1.165, 1.54) is 0 Å². The number of benzene rings is 3. The molecule has 162 valence electrons. The van der Waals surface area contributed by atoms with Gasteiger partial charge in [0.1, 0.15) is 18.1 Å². The Bertz CT molecular complexity index is 1260. The maximum atomic E-state index is 12.9. The zero-order valence-corrected chi connectivity index (χ0v) is 20.1. The van der Waals surface area contributed by atoms with Crippen LogP contribution in [0, 0.1) is 0 Å². The van der Waals surface area contributed by atoms with Crippen molar-refractivity contribution in [3.8, 4) is 5.75 Å². The number of ether oxygens (including phenoxy) is 1. The van der Waals surface area contributed by atoms with E-state index in [1.807, 2.05) is 12.1 Å². The SMILES string of the molecule is O=C1N/C(=C/c2cc(Br)ccc2OCc2ccc(Cl)c(Cl)c2)C(=O)N1c1cccc(Cl)c1. The lowest BCUT2D eigenvalue weighted by Crippen LogP contribution is -2.30. The van der Waals surface area contributed by atoms with Crippen molar-refractivity contribution in [2.75, 3.05) is 4.90 Å². The Balaban J connectivity index is 1.60. The van der Waals surface area contributed by atoms with E-state index >= 15 is 0 Å². The summed E-state index contributed by atoms with van der Waals surface area (Å²) in [5.74, 6) is 0.0303. The van der Waals surface area contributed by atoms with E-state index in [-0.39, 0.29) is 12.3 Å². The van der Waals surface area contributed by atoms with E-state index in [0.29, 0.717) is 32.1 Å². The van der Waals surface area contributed by atoms with Crippen molar-refractivity contribution in [3.05, 3.63) is 97.0 Å². The molecule has 1 heterocycles. The monoisotopic (exact) mass is 550 g/mol. The summed E-state index contributed by atoms with van der Waals surface area (Å²) in [6, 6.07) is 16.6. The summed E-state index contributed by atoms with van der Waals surface area (Å²) in [5.41, 5.74) is 1.94. The number of urea groups is 1. The molecule has 5 nitrogen and oxygen atoms in total. The minimum atomic E-state index is -0.559. The number of nitrogens with one attached hydrogen (secondary N) is 1. The van der Waals surface area contributed by atoms with E-state index in [4.69, 9.17) is 39.5 Å². The molecular weight excluding hydrogens is 539 g/mol. The Labute approximate surface area is 207 Å². The molecule has 4 rings (SSSR count). The summed E-state index contributed by atoms with van der Waals surface area (Å²) in [6.07, 6.45) is 1.57. The lowest BCUT2D eigenvalue weighted by Gasteiger charge is -2.12. The molecule has 0 spiro atoms. The molecule has 0 aliphatic carbocycles. The number of anilines is 1. The highest BCUT2D eigenvalue weighted by Crippen LogP contribution is 2.30. The quantitative estimate of drug-likeness (QED) is 0.272. The van der Waals surface area contributed by atoms with Crippen LogP contribution in [-0.2, 0) is 11.4 Å². The third kappa shape index (κ3) is 4.94. The summed E-state index contributed by atoms with van der Waals surface area (Å²) in [7, 11) is 0. The summed E-state index contributed by atoms with van der Waals surface area (Å²) in [6.45, 7) is 0.240. The van der Waals surface area contributed by atoms with Gasteiger partial charge in [-0.2, -0.15) is 0 Å². The smallest absolute Gasteiger partial charge is 0.333 e. The van der Waals surface area contributed by atoms with Crippen LogP contribution in [0.15, 0.2) is 70.8 Å². The molecule has 9 heteroatoms. The second kappa shape index (κ2) is 9.55. The third-order valence-electron chi connectivity index (χ3n) is 4.59. The Kier molecular flexibility index (Phi) is 6.76. The van der Waals surface area contributed by atoms with Crippen molar-refractivity contribution in [1.82, 2.24) is 5.32 Å². The minimum absolute atomic E-state index is 0.118. The molecule has 1 fully saturated rings. The van der Waals surface area contributed by atoms with E-state index in [2.05, 4.69) is 21.2 Å². The van der Waals surface area contributed by atoms with Crippen LogP contribution >= 0.6 is 50.7 Å². The van der Waals surface area contributed by atoms with Gasteiger partial charge in [0, 0.05) is 15.1 Å². The van der Waals surface area contributed by atoms with Gasteiger partial charge in [-0.25, -0.2) is 9.69 Å². The summed E-state index contributed by atoms with van der Waals surface area (Å²) in [4.78, 5) is 26.4. The van der Waals surface area contributed by atoms with Gasteiger partial charge in [0.15, 0.2) is 0 Å². The number of rotatable bonds is 5. The number of halogens is 4. The van der Waals surface area contributed by atoms with Crippen LogP contribution in [0.1, 0.15) is 11.1 Å². The number of hydrogen-bond acceptors (Lipinski definition) is 3. The van der Waals surface area contributed by atoms with Crippen molar-refractivity contribution in [2.24, 2.45) is 0 Å². The summed E-state index contributed by atoms with van der Waals surface area (Å²) in [5, 5.41) is 3.93. The molecule has 0 saturated carbocycles. The first-order chi connectivity index (χ1) is 15.3. The zero-order chi connectivity index (χ0) is 22.8. The molecule has 0 radical (unpaired) electrons. The minimum Gasteiger partial charge on any atom is -0.488 e. The Morgan fingerprint density at radius 3 is 2.53 bits per heavy atom. The van der Waals surface area contributed by atoms with Crippen molar-refractivity contribution >= 4 is 74.4 Å². The molecule has 32 heavy (non-hydrogen) atoms. The average Bonchev–Trinajstić information content (AvgIpc) is 3.03. The molecule has 0 atom stereocenters. The first-order valence-corrected chi connectivity index (χ1v) is 11.2. The van der Waals surface area contributed by atoms with Crippen molar-refractivity contribution in [1.29, 1.82) is 0 Å². The van der Waals surface area contributed by atoms with Crippen LogP contribution in [-0.4, -0.2) is 11.9 Å². The van der Waals surface area contributed by atoms with Crippen molar-refractivity contribution < 1.29 is 14.3 Å². The van der Waals surface area contributed by atoms with Crippen LogP contribution in [0.2, 0.25) is 15.1 Å². The lowest BCUT2D eigenvalue weighted by molar-refractivity contribution is -0.113. The number of amides is 3. The standard InChI is InChI=1S/C23H14BrCl3N2O3/c24-15-5-7-21(32-12-13-4-6-18(26)19(27)8-13)14(9-15)10-20-22(30)29(23(31)28-20)17-3-1-2-16(25)11-17/h1-11H,12H2,(H,28,31)/b20-10+. The Morgan fingerprint density at radius 1 is 0.969 bits per heavy atom. The highest BCUT2D eigenvalue weighted by molar-refractivity contribution is 9.10. The molecule has 1 saturated heterocycles. The second-order valence-electron chi connectivity index (χ2n) is 6.83. The first-order valence-electron chi connectivity index (χ1n) is 9.31. The molecule has 3 aromatic carbocycles. The molecule has 1 aliphatic heterocycles. The van der Waals surface area contributed by atoms with Crippen LogP contribution in [0.5, 0.6) is 5.75 Å². The van der Waals surface area contributed by atoms with Gasteiger partial charge in [0.2, 0.25) is 0 Å². The average molecular weight is 553 g/mol. The molecule has 1 aliphatic rings. The zero-order valence-electron chi connectivity index (χ0n) is 16.2. The fraction of sp³-hybridized carbons (Fsp3) is 0.0435. The van der Waals surface area contributed by atoms with Gasteiger partial charge in [-0.3, -0.25) is 4.79 Å². The van der Waals surface area contributed by atoms with Gasteiger partial charge < -0.3 is 10.1 Å². The van der Waals surface area contributed by atoms with Crippen LogP contribution < -0.4 is 15.0 Å². The third-order valence-corrected chi connectivity index (χ3v) is 6.06. The van der Waals surface area contributed by atoms with E-state index in [9.17, 15) is 9.59 Å². The Hall–Kier alpha value is -2.51. The fourth-order valence-corrected chi connectivity index (χ4v) is 3.98. The first kappa shape index (κ1) is 22.7. The normalized spacial score (nSPS) is 14.8. The molecular formula is C23H14BrCl3N2O3. The molecule has 0 aromatic heterocycles. The maximum absolute atomic E-state index is 12.9. The summed E-state index contributed by atoms with van der Waals surface area (Å²) < 4.78 is 6.74. The van der Waals surface area contributed by atoms with Gasteiger partial charge >= 0.3 is 6.03 Å². The predicted molar refractivity (Wildman–Crippen MR) is 130 cm³/mol. The molecule has 0 unspecified atom stereocenters. The predicted octanol–water partition coefficient (Wildman–Crippen LogP) is 7.09. The highest BCUT2D eigenvalue weighted by atomic mass is 79.9. The number of imide groups is 1. The van der Waals surface area contributed by atoms with Crippen LogP contribution in [0.4, 0.5) is 10.5 Å². The van der Waals surface area contributed by atoms with Gasteiger partial charge in [0.25, 0.3) is 5.91 Å². The number of carbonyl (C=O) groups is 2. The molecule has 0 bridgehead atoms. The van der Waals surface area contributed by atoms with Crippen LogP contribution in [0.25, 0.3) is 6.08 Å². The highest BCUT2D eigenvalue weighted by Gasteiger charge is 2.35. The van der Waals surface area contributed by atoms with E-state index in [1.54, 1.807) is 54.6 Å². The largest absolute Gasteiger partial charge is 0.488 e.